The quantitative estimate of drug-likeness (QED) is 0.812. The lowest BCUT2D eigenvalue weighted by Gasteiger charge is -2.26. The van der Waals surface area contributed by atoms with E-state index in [2.05, 4.69) is 29.0 Å². The first-order chi connectivity index (χ1) is 8.58. The smallest absolute Gasteiger partial charge is 0.239 e. The molecule has 4 heteroatoms. The molecule has 0 aliphatic carbocycles. The summed E-state index contributed by atoms with van der Waals surface area (Å²) in [6.07, 6.45) is 2.32. The van der Waals surface area contributed by atoms with Crippen LogP contribution in [0.5, 0.6) is 0 Å². The van der Waals surface area contributed by atoms with Gasteiger partial charge in [0.2, 0.25) is 5.91 Å². The Hall–Kier alpha value is -0.610. The fourth-order valence-electron chi connectivity index (χ4n) is 3.03. The molecule has 2 saturated heterocycles. The molecule has 0 bridgehead atoms. The van der Waals surface area contributed by atoms with Gasteiger partial charge >= 0.3 is 0 Å². The van der Waals surface area contributed by atoms with Gasteiger partial charge in [-0.2, -0.15) is 0 Å². The normalized spacial score (nSPS) is 31.1. The van der Waals surface area contributed by atoms with E-state index >= 15 is 0 Å². The molecule has 4 nitrogen and oxygen atoms in total. The van der Waals surface area contributed by atoms with Crippen LogP contribution in [0.2, 0.25) is 0 Å². The fraction of sp³-hybridized carbons (Fsp3) is 0.929. The lowest BCUT2D eigenvalue weighted by Crippen LogP contribution is -2.44. The zero-order valence-electron chi connectivity index (χ0n) is 12.0. The summed E-state index contributed by atoms with van der Waals surface area (Å²) in [7, 11) is 0. The number of likely N-dealkylation sites (tertiary alicyclic amines) is 1. The highest BCUT2D eigenvalue weighted by Gasteiger charge is 2.29. The van der Waals surface area contributed by atoms with Crippen molar-refractivity contribution in [2.45, 2.75) is 45.7 Å². The summed E-state index contributed by atoms with van der Waals surface area (Å²) in [5.74, 6) is 0.956. The van der Waals surface area contributed by atoms with E-state index in [4.69, 9.17) is 0 Å². The van der Waals surface area contributed by atoms with Gasteiger partial charge < -0.3 is 15.1 Å². The summed E-state index contributed by atoms with van der Waals surface area (Å²) >= 11 is 0. The summed E-state index contributed by atoms with van der Waals surface area (Å²) in [5, 5.41) is 3.27. The van der Waals surface area contributed by atoms with Crippen molar-refractivity contribution in [3.63, 3.8) is 0 Å². The van der Waals surface area contributed by atoms with E-state index in [1.807, 2.05) is 6.92 Å². The highest BCUT2D eigenvalue weighted by molar-refractivity contribution is 5.81. The molecule has 0 saturated carbocycles. The highest BCUT2D eigenvalue weighted by atomic mass is 16.2. The van der Waals surface area contributed by atoms with Crippen molar-refractivity contribution in [3.05, 3.63) is 0 Å². The second-order valence-corrected chi connectivity index (χ2v) is 6.06. The van der Waals surface area contributed by atoms with Crippen molar-refractivity contribution in [2.24, 2.45) is 5.92 Å². The predicted octanol–water partition coefficient (Wildman–Crippen LogP) is 0.927. The van der Waals surface area contributed by atoms with Crippen LogP contribution in [0.15, 0.2) is 0 Å². The third-order valence-electron chi connectivity index (χ3n) is 4.26. The summed E-state index contributed by atoms with van der Waals surface area (Å²) in [5.41, 5.74) is 0. The van der Waals surface area contributed by atoms with Gasteiger partial charge in [0.15, 0.2) is 0 Å². The Morgan fingerprint density at radius 1 is 1.39 bits per heavy atom. The average molecular weight is 253 g/mol. The van der Waals surface area contributed by atoms with Crippen LogP contribution in [-0.2, 0) is 4.79 Å². The molecule has 0 aromatic rings. The van der Waals surface area contributed by atoms with Crippen molar-refractivity contribution in [1.82, 2.24) is 15.1 Å². The molecule has 2 unspecified atom stereocenters. The van der Waals surface area contributed by atoms with E-state index in [0.29, 0.717) is 12.0 Å². The third kappa shape index (κ3) is 3.23. The first-order valence-corrected chi connectivity index (χ1v) is 7.34. The molecule has 0 radical (unpaired) electrons. The number of nitrogens with one attached hydrogen (secondary N) is 1. The van der Waals surface area contributed by atoms with Crippen LogP contribution in [0, 0.1) is 5.92 Å². The van der Waals surface area contributed by atoms with Gasteiger partial charge in [0.25, 0.3) is 0 Å². The number of hydrogen-bond acceptors (Lipinski definition) is 3. The Balaban J connectivity index is 1.87. The predicted molar refractivity (Wildman–Crippen MR) is 73.5 cm³/mol. The Labute approximate surface area is 111 Å². The molecular formula is C14H27N3O. The number of nitrogens with zero attached hydrogens (tertiary/aromatic N) is 2. The first kappa shape index (κ1) is 13.8. The van der Waals surface area contributed by atoms with Gasteiger partial charge in [0.05, 0.1) is 6.04 Å². The maximum absolute atomic E-state index is 12.2. The molecule has 0 spiro atoms. The highest BCUT2D eigenvalue weighted by Crippen LogP contribution is 2.20. The van der Waals surface area contributed by atoms with E-state index in [0.717, 1.165) is 32.6 Å². The molecule has 0 aromatic carbocycles. The average Bonchev–Trinajstić information content (AvgIpc) is 2.74. The molecule has 2 rings (SSSR count). The maximum Gasteiger partial charge on any atom is 0.239 e. The van der Waals surface area contributed by atoms with Gasteiger partial charge in [-0.3, -0.25) is 4.79 Å². The molecule has 1 amide bonds. The number of rotatable bonds is 3. The first-order valence-electron chi connectivity index (χ1n) is 7.34. The monoisotopic (exact) mass is 253 g/mol. The van der Waals surface area contributed by atoms with Crippen LogP contribution in [0.4, 0.5) is 0 Å². The van der Waals surface area contributed by atoms with Gasteiger partial charge in [-0.15, -0.1) is 0 Å². The Bertz CT molecular complexity index is 293. The maximum atomic E-state index is 12.2. The number of hydrogen-bond donors (Lipinski definition) is 1. The minimum absolute atomic E-state index is 0.00453. The molecular weight excluding hydrogens is 226 g/mol. The van der Waals surface area contributed by atoms with Crippen LogP contribution in [0.25, 0.3) is 0 Å². The standard InChI is InChI=1S/C14H27N3O/c1-11(2)16-8-5-13(9-16)10-17-7-4-6-15-12(3)14(17)18/h11-13,15H,4-10H2,1-3H3. The van der Waals surface area contributed by atoms with E-state index in [-0.39, 0.29) is 11.9 Å². The summed E-state index contributed by atoms with van der Waals surface area (Å²) in [6.45, 7) is 11.7. The van der Waals surface area contributed by atoms with Gasteiger partial charge in [0.1, 0.15) is 0 Å². The van der Waals surface area contributed by atoms with E-state index in [1.54, 1.807) is 0 Å². The third-order valence-corrected chi connectivity index (χ3v) is 4.26. The molecule has 1 N–H and O–H groups in total. The lowest BCUT2D eigenvalue weighted by molar-refractivity contribution is -0.132. The molecule has 18 heavy (non-hydrogen) atoms. The van der Waals surface area contributed by atoms with Crippen LogP contribution < -0.4 is 5.32 Å². The van der Waals surface area contributed by atoms with Crippen molar-refractivity contribution in [3.8, 4) is 0 Å². The Morgan fingerprint density at radius 3 is 2.83 bits per heavy atom. The van der Waals surface area contributed by atoms with Crippen molar-refractivity contribution in [1.29, 1.82) is 0 Å². The summed E-state index contributed by atoms with van der Waals surface area (Å²) in [6, 6.07) is 0.630. The van der Waals surface area contributed by atoms with Crippen LogP contribution in [0.3, 0.4) is 0 Å². The van der Waals surface area contributed by atoms with Gasteiger partial charge in [-0.1, -0.05) is 0 Å². The van der Waals surface area contributed by atoms with E-state index < -0.39 is 0 Å². The molecule has 2 fully saturated rings. The van der Waals surface area contributed by atoms with Crippen LogP contribution >= 0.6 is 0 Å². The Kier molecular flexibility index (Phi) is 4.62. The van der Waals surface area contributed by atoms with Crippen LogP contribution in [0.1, 0.15) is 33.6 Å². The van der Waals surface area contributed by atoms with Crippen molar-refractivity contribution < 1.29 is 4.79 Å². The summed E-state index contributed by atoms with van der Waals surface area (Å²) < 4.78 is 0. The van der Waals surface area contributed by atoms with Crippen LogP contribution in [-0.4, -0.2) is 60.5 Å². The fourth-order valence-corrected chi connectivity index (χ4v) is 3.03. The minimum atomic E-state index is -0.00453. The topological polar surface area (TPSA) is 35.6 Å². The molecule has 2 atom stereocenters. The minimum Gasteiger partial charge on any atom is -0.341 e. The van der Waals surface area contributed by atoms with Gasteiger partial charge in [-0.05, 0) is 52.6 Å². The lowest BCUT2D eigenvalue weighted by atomic mass is 10.1. The molecule has 104 valence electrons. The number of carbonyl (C=O) groups is 1. The largest absolute Gasteiger partial charge is 0.341 e. The molecule has 2 aliphatic heterocycles. The van der Waals surface area contributed by atoms with E-state index in [9.17, 15) is 4.79 Å². The molecule has 0 aromatic heterocycles. The molecule has 2 aliphatic rings. The number of amides is 1. The zero-order valence-corrected chi connectivity index (χ0v) is 12.0. The second-order valence-electron chi connectivity index (χ2n) is 6.06. The SMILES string of the molecule is CC1NCCCN(CC2CCN(C(C)C)C2)C1=O. The van der Waals surface area contributed by atoms with Gasteiger partial charge in [0, 0.05) is 25.7 Å². The summed E-state index contributed by atoms with van der Waals surface area (Å²) in [4.78, 5) is 16.8. The second kappa shape index (κ2) is 6.02. The number of carbonyl (C=O) groups excluding carboxylic acids is 1. The van der Waals surface area contributed by atoms with E-state index in [1.165, 1.54) is 13.0 Å². The van der Waals surface area contributed by atoms with Gasteiger partial charge in [-0.25, -0.2) is 0 Å². The van der Waals surface area contributed by atoms with Crippen molar-refractivity contribution in [2.75, 3.05) is 32.7 Å². The van der Waals surface area contributed by atoms with Crippen molar-refractivity contribution >= 4 is 5.91 Å². The zero-order chi connectivity index (χ0) is 13.1. The Morgan fingerprint density at radius 2 is 2.17 bits per heavy atom. The molecule has 2 heterocycles.